The first-order valence-electron chi connectivity index (χ1n) is 7.68. The van der Waals surface area contributed by atoms with E-state index >= 15 is 0 Å². The molecule has 1 aromatic heterocycles. The van der Waals surface area contributed by atoms with Crippen LogP contribution in [-0.2, 0) is 11.2 Å². The number of nitrogens with one attached hydrogen (secondary N) is 2. The van der Waals surface area contributed by atoms with Gasteiger partial charge in [-0.25, -0.2) is 0 Å². The second kappa shape index (κ2) is 8.00. The van der Waals surface area contributed by atoms with Gasteiger partial charge >= 0.3 is 0 Å². The van der Waals surface area contributed by atoms with Gasteiger partial charge < -0.3 is 10.6 Å². The minimum Gasteiger partial charge on any atom is -0.352 e. The molecule has 0 aromatic carbocycles. The molecule has 1 aliphatic rings. The molecule has 110 valence electrons. The molecule has 0 radical (unpaired) electrons. The Morgan fingerprint density at radius 1 is 1.40 bits per heavy atom. The molecule has 0 bridgehead atoms. The molecule has 1 heterocycles. The van der Waals surface area contributed by atoms with Gasteiger partial charge in [0.25, 0.3) is 0 Å². The summed E-state index contributed by atoms with van der Waals surface area (Å²) in [6.07, 6.45) is 10.6. The monoisotopic (exact) mass is 275 g/mol. The fourth-order valence-electron chi connectivity index (χ4n) is 2.64. The summed E-state index contributed by atoms with van der Waals surface area (Å²) in [4.78, 5) is 16.2. The Hall–Kier alpha value is -1.42. The van der Waals surface area contributed by atoms with Crippen LogP contribution in [0, 0.1) is 0 Å². The molecule has 2 N–H and O–H groups in total. The van der Waals surface area contributed by atoms with Gasteiger partial charge in [-0.2, -0.15) is 0 Å². The molecular weight excluding hydrogens is 250 g/mol. The maximum atomic E-state index is 12.1. The third-order valence-corrected chi connectivity index (χ3v) is 3.93. The van der Waals surface area contributed by atoms with Gasteiger partial charge in [-0.1, -0.05) is 25.3 Å². The quantitative estimate of drug-likeness (QED) is 0.835. The first kappa shape index (κ1) is 15.0. The fourth-order valence-corrected chi connectivity index (χ4v) is 2.64. The third kappa shape index (κ3) is 4.93. The minimum absolute atomic E-state index is 0.128. The van der Waals surface area contributed by atoms with Gasteiger partial charge in [-0.3, -0.25) is 9.78 Å². The predicted octanol–water partition coefficient (Wildman–Crippen LogP) is 2.05. The number of rotatable bonds is 6. The van der Waals surface area contributed by atoms with E-state index in [9.17, 15) is 4.79 Å². The van der Waals surface area contributed by atoms with Crippen molar-refractivity contribution in [2.45, 2.75) is 57.5 Å². The summed E-state index contributed by atoms with van der Waals surface area (Å²) in [5.41, 5.74) is 1.19. The Morgan fingerprint density at radius 2 is 2.20 bits per heavy atom. The van der Waals surface area contributed by atoms with E-state index in [2.05, 4.69) is 21.7 Å². The summed E-state index contributed by atoms with van der Waals surface area (Å²) in [7, 11) is 0. The van der Waals surface area contributed by atoms with Gasteiger partial charge in [-0.15, -0.1) is 0 Å². The van der Waals surface area contributed by atoms with Crippen molar-refractivity contribution in [3.8, 4) is 0 Å². The van der Waals surface area contributed by atoms with Crippen molar-refractivity contribution < 1.29 is 4.79 Å². The van der Waals surface area contributed by atoms with Crippen LogP contribution in [-0.4, -0.2) is 29.5 Å². The highest BCUT2D eigenvalue weighted by atomic mass is 16.2. The molecular formula is C16H25N3O. The van der Waals surface area contributed by atoms with E-state index in [1.807, 2.05) is 19.2 Å². The zero-order valence-corrected chi connectivity index (χ0v) is 12.3. The van der Waals surface area contributed by atoms with Crippen molar-refractivity contribution in [1.82, 2.24) is 15.6 Å². The number of carbonyl (C=O) groups excluding carboxylic acids is 1. The first-order valence-corrected chi connectivity index (χ1v) is 7.68. The SMILES string of the molecule is CC(NCCc1cccnc1)C(=O)NC1CCCCC1. The van der Waals surface area contributed by atoms with Crippen LogP contribution in [0.5, 0.6) is 0 Å². The van der Waals surface area contributed by atoms with Crippen molar-refractivity contribution in [1.29, 1.82) is 0 Å². The molecule has 1 saturated carbocycles. The van der Waals surface area contributed by atoms with Crippen molar-refractivity contribution >= 4 is 5.91 Å². The normalized spacial score (nSPS) is 17.6. The Kier molecular flexibility index (Phi) is 5.99. The zero-order valence-electron chi connectivity index (χ0n) is 12.3. The van der Waals surface area contributed by atoms with Gasteiger partial charge in [0.15, 0.2) is 0 Å². The molecule has 20 heavy (non-hydrogen) atoms. The lowest BCUT2D eigenvalue weighted by molar-refractivity contribution is -0.123. The molecule has 1 aliphatic carbocycles. The Morgan fingerprint density at radius 3 is 2.90 bits per heavy atom. The highest BCUT2D eigenvalue weighted by molar-refractivity contribution is 5.81. The van der Waals surface area contributed by atoms with Crippen LogP contribution in [0.4, 0.5) is 0 Å². The minimum atomic E-state index is -0.131. The maximum Gasteiger partial charge on any atom is 0.237 e. The zero-order chi connectivity index (χ0) is 14.2. The molecule has 4 heteroatoms. The van der Waals surface area contributed by atoms with Crippen LogP contribution in [0.3, 0.4) is 0 Å². The van der Waals surface area contributed by atoms with E-state index < -0.39 is 0 Å². The molecule has 1 atom stereocenters. The lowest BCUT2D eigenvalue weighted by Gasteiger charge is -2.24. The van der Waals surface area contributed by atoms with Crippen molar-refractivity contribution in [2.75, 3.05) is 6.54 Å². The summed E-state index contributed by atoms with van der Waals surface area (Å²) in [6, 6.07) is 4.25. The summed E-state index contributed by atoms with van der Waals surface area (Å²) in [6.45, 7) is 2.73. The topological polar surface area (TPSA) is 54.0 Å². The molecule has 1 aromatic rings. The van der Waals surface area contributed by atoms with E-state index in [0.29, 0.717) is 6.04 Å². The van der Waals surface area contributed by atoms with Gasteiger partial charge in [0.1, 0.15) is 0 Å². The number of carbonyl (C=O) groups is 1. The number of hydrogen-bond donors (Lipinski definition) is 2. The molecule has 2 rings (SSSR count). The molecule has 1 unspecified atom stereocenters. The molecule has 4 nitrogen and oxygen atoms in total. The summed E-state index contributed by atoms with van der Waals surface area (Å²) >= 11 is 0. The molecule has 1 amide bonds. The van der Waals surface area contributed by atoms with Crippen molar-refractivity contribution in [3.63, 3.8) is 0 Å². The number of aromatic nitrogens is 1. The largest absolute Gasteiger partial charge is 0.352 e. The average Bonchev–Trinajstić information content (AvgIpc) is 2.49. The van der Waals surface area contributed by atoms with Crippen LogP contribution >= 0.6 is 0 Å². The number of pyridine rings is 1. The van der Waals surface area contributed by atoms with Crippen LogP contribution < -0.4 is 10.6 Å². The molecule has 0 spiro atoms. The third-order valence-electron chi connectivity index (χ3n) is 3.93. The van der Waals surface area contributed by atoms with E-state index in [4.69, 9.17) is 0 Å². The number of hydrogen-bond acceptors (Lipinski definition) is 3. The van der Waals surface area contributed by atoms with E-state index in [1.54, 1.807) is 6.20 Å². The molecule has 0 aliphatic heterocycles. The first-order chi connectivity index (χ1) is 9.75. The highest BCUT2D eigenvalue weighted by Crippen LogP contribution is 2.17. The smallest absolute Gasteiger partial charge is 0.237 e. The van der Waals surface area contributed by atoms with E-state index in [-0.39, 0.29) is 11.9 Å². The van der Waals surface area contributed by atoms with E-state index in [0.717, 1.165) is 25.8 Å². The lowest BCUT2D eigenvalue weighted by atomic mass is 9.95. The predicted molar refractivity (Wildman–Crippen MR) is 80.4 cm³/mol. The number of nitrogens with zero attached hydrogens (tertiary/aromatic N) is 1. The molecule has 0 saturated heterocycles. The van der Waals surface area contributed by atoms with Crippen LogP contribution in [0.15, 0.2) is 24.5 Å². The molecule has 1 fully saturated rings. The van der Waals surface area contributed by atoms with Crippen LogP contribution in [0.1, 0.15) is 44.6 Å². The van der Waals surface area contributed by atoms with Crippen molar-refractivity contribution in [2.24, 2.45) is 0 Å². The number of amides is 1. The van der Waals surface area contributed by atoms with Gasteiger partial charge in [0, 0.05) is 18.4 Å². The van der Waals surface area contributed by atoms with Crippen molar-refractivity contribution in [3.05, 3.63) is 30.1 Å². The van der Waals surface area contributed by atoms with Gasteiger partial charge in [0.2, 0.25) is 5.91 Å². The Labute approximate surface area is 121 Å². The summed E-state index contributed by atoms with van der Waals surface area (Å²) < 4.78 is 0. The second-order valence-electron chi connectivity index (χ2n) is 5.63. The summed E-state index contributed by atoms with van der Waals surface area (Å²) in [5, 5.41) is 6.43. The summed E-state index contributed by atoms with van der Waals surface area (Å²) in [5.74, 6) is 0.128. The van der Waals surface area contributed by atoms with Gasteiger partial charge in [0.05, 0.1) is 6.04 Å². The fraction of sp³-hybridized carbons (Fsp3) is 0.625. The maximum absolute atomic E-state index is 12.1. The van der Waals surface area contributed by atoms with Crippen LogP contribution in [0.2, 0.25) is 0 Å². The van der Waals surface area contributed by atoms with Crippen LogP contribution in [0.25, 0.3) is 0 Å². The standard InChI is InChI=1S/C16H25N3O/c1-13(16(20)19-15-7-3-2-4-8-15)18-11-9-14-6-5-10-17-12-14/h5-6,10,12-13,15,18H,2-4,7-9,11H2,1H3,(H,19,20). The lowest BCUT2D eigenvalue weighted by Crippen LogP contribution is -2.47. The second-order valence-corrected chi connectivity index (χ2v) is 5.63. The van der Waals surface area contributed by atoms with Gasteiger partial charge in [-0.05, 0) is 44.4 Å². The highest BCUT2D eigenvalue weighted by Gasteiger charge is 2.18. The van der Waals surface area contributed by atoms with E-state index in [1.165, 1.54) is 24.8 Å². The Bertz CT molecular complexity index is 401. The average molecular weight is 275 g/mol. The Balaban J connectivity index is 1.65.